The molecule has 0 aliphatic carbocycles. The van der Waals surface area contributed by atoms with Crippen LogP contribution in [0.15, 0.2) is 15.0 Å². The van der Waals surface area contributed by atoms with Gasteiger partial charge in [0, 0.05) is 4.47 Å². The number of fused-ring (bicyclic) bond motifs is 1. The molecular formula is C11H13BrN2O. The molecule has 0 amide bonds. The Morgan fingerprint density at radius 1 is 1.40 bits per heavy atom. The largest absolute Gasteiger partial charge is 0.439 e. The summed E-state index contributed by atoms with van der Waals surface area (Å²) in [6.07, 6.45) is 0. The van der Waals surface area contributed by atoms with E-state index in [4.69, 9.17) is 4.42 Å². The van der Waals surface area contributed by atoms with E-state index in [2.05, 4.69) is 40.1 Å². The Morgan fingerprint density at radius 2 is 2.13 bits per heavy atom. The second kappa shape index (κ2) is 3.94. The second-order valence-corrected chi connectivity index (χ2v) is 4.45. The van der Waals surface area contributed by atoms with Gasteiger partial charge in [-0.2, -0.15) is 0 Å². The number of hydrogen-bond acceptors (Lipinski definition) is 3. The van der Waals surface area contributed by atoms with Gasteiger partial charge >= 0.3 is 0 Å². The number of aromatic nitrogens is 1. The minimum Gasteiger partial charge on any atom is -0.439 e. The van der Waals surface area contributed by atoms with Crippen LogP contribution in [0.5, 0.6) is 0 Å². The van der Waals surface area contributed by atoms with E-state index in [1.165, 1.54) is 5.56 Å². The number of rotatable bonds is 2. The molecule has 0 atom stereocenters. The molecule has 1 aromatic carbocycles. The minimum atomic E-state index is 0.658. The van der Waals surface area contributed by atoms with Crippen LogP contribution in [0.3, 0.4) is 0 Å². The molecule has 1 aromatic heterocycles. The van der Waals surface area contributed by atoms with Crippen LogP contribution in [0.25, 0.3) is 11.1 Å². The molecule has 0 saturated carbocycles. The molecule has 4 heteroatoms. The van der Waals surface area contributed by atoms with Gasteiger partial charge in [-0.1, -0.05) is 15.9 Å². The van der Waals surface area contributed by atoms with Gasteiger partial charge in [0.1, 0.15) is 5.52 Å². The summed E-state index contributed by atoms with van der Waals surface area (Å²) >= 11 is 3.52. The van der Waals surface area contributed by atoms with E-state index in [0.717, 1.165) is 27.0 Å². The van der Waals surface area contributed by atoms with Crippen LogP contribution >= 0.6 is 15.9 Å². The Kier molecular flexibility index (Phi) is 2.80. The minimum absolute atomic E-state index is 0.658. The fourth-order valence-corrected chi connectivity index (χ4v) is 2.06. The van der Waals surface area contributed by atoms with Crippen molar-refractivity contribution < 1.29 is 4.42 Å². The van der Waals surface area contributed by atoms with Crippen molar-refractivity contribution in [3.05, 3.63) is 27.6 Å². The van der Waals surface area contributed by atoms with E-state index in [9.17, 15) is 0 Å². The van der Waals surface area contributed by atoms with Crippen LogP contribution in [0, 0.1) is 13.8 Å². The van der Waals surface area contributed by atoms with Gasteiger partial charge in [-0.25, -0.2) is 4.98 Å². The zero-order chi connectivity index (χ0) is 11.0. The molecule has 3 nitrogen and oxygen atoms in total. The maximum Gasteiger partial charge on any atom is 0.209 e. The fourth-order valence-electron chi connectivity index (χ4n) is 1.55. The predicted molar refractivity (Wildman–Crippen MR) is 63.9 cm³/mol. The smallest absolute Gasteiger partial charge is 0.209 e. The number of benzene rings is 1. The molecule has 2 aromatic rings. The second-order valence-electron chi connectivity index (χ2n) is 3.59. The number of aryl methyl sites for hydroxylation is 1. The summed E-state index contributed by atoms with van der Waals surface area (Å²) in [4.78, 5) is 4.41. The van der Waals surface area contributed by atoms with Crippen LogP contribution in [0.4, 0.5) is 0 Å². The average Bonchev–Trinajstić information content (AvgIpc) is 2.58. The van der Waals surface area contributed by atoms with Crippen LogP contribution in [0.1, 0.15) is 17.0 Å². The molecule has 0 bridgehead atoms. The van der Waals surface area contributed by atoms with Crippen LogP contribution < -0.4 is 5.32 Å². The first-order chi connectivity index (χ1) is 7.13. The Morgan fingerprint density at radius 3 is 2.80 bits per heavy atom. The molecule has 80 valence electrons. The number of oxazole rings is 1. The summed E-state index contributed by atoms with van der Waals surface area (Å²) in [6.45, 7) is 4.78. The number of nitrogens with one attached hydrogen (secondary N) is 1. The lowest BCUT2D eigenvalue weighted by atomic mass is 10.1. The molecule has 0 unspecified atom stereocenters. The van der Waals surface area contributed by atoms with Crippen LogP contribution in [-0.2, 0) is 6.54 Å². The average molecular weight is 269 g/mol. The van der Waals surface area contributed by atoms with Crippen molar-refractivity contribution in [1.29, 1.82) is 0 Å². The van der Waals surface area contributed by atoms with Gasteiger partial charge in [0.2, 0.25) is 5.89 Å². The van der Waals surface area contributed by atoms with E-state index in [0.29, 0.717) is 6.54 Å². The van der Waals surface area contributed by atoms with Crippen molar-refractivity contribution in [3.63, 3.8) is 0 Å². The molecule has 0 saturated heterocycles. The fraction of sp³-hybridized carbons (Fsp3) is 0.364. The van der Waals surface area contributed by atoms with Crippen LogP contribution in [-0.4, -0.2) is 12.0 Å². The van der Waals surface area contributed by atoms with Crippen molar-refractivity contribution in [2.24, 2.45) is 0 Å². The Balaban J connectivity index is 2.65. The van der Waals surface area contributed by atoms with E-state index in [1.54, 1.807) is 0 Å². The summed E-state index contributed by atoms with van der Waals surface area (Å²) in [7, 11) is 1.88. The van der Waals surface area contributed by atoms with Crippen molar-refractivity contribution in [2.45, 2.75) is 20.4 Å². The highest BCUT2D eigenvalue weighted by Crippen LogP contribution is 2.28. The van der Waals surface area contributed by atoms with Crippen LogP contribution in [0.2, 0.25) is 0 Å². The number of nitrogens with zero attached hydrogens (tertiary/aromatic N) is 1. The van der Waals surface area contributed by atoms with Gasteiger partial charge in [-0.3, -0.25) is 0 Å². The van der Waals surface area contributed by atoms with Gasteiger partial charge in [-0.05, 0) is 38.1 Å². The lowest BCUT2D eigenvalue weighted by Gasteiger charge is -2.01. The van der Waals surface area contributed by atoms with E-state index in [1.807, 2.05) is 13.1 Å². The van der Waals surface area contributed by atoms with Gasteiger partial charge in [0.25, 0.3) is 0 Å². The molecule has 0 spiro atoms. The molecule has 15 heavy (non-hydrogen) atoms. The molecule has 0 radical (unpaired) electrons. The molecule has 0 aliphatic heterocycles. The molecule has 1 N–H and O–H groups in total. The van der Waals surface area contributed by atoms with Crippen molar-refractivity contribution >= 4 is 27.0 Å². The summed E-state index contributed by atoms with van der Waals surface area (Å²) < 4.78 is 6.76. The first-order valence-electron chi connectivity index (χ1n) is 4.83. The molecule has 2 rings (SSSR count). The lowest BCUT2D eigenvalue weighted by molar-refractivity contribution is 0.510. The predicted octanol–water partition coefficient (Wildman–Crippen LogP) is 2.93. The monoisotopic (exact) mass is 268 g/mol. The number of halogens is 1. The molecule has 0 aliphatic rings. The van der Waals surface area contributed by atoms with E-state index in [-0.39, 0.29) is 0 Å². The summed E-state index contributed by atoms with van der Waals surface area (Å²) in [5.41, 5.74) is 4.15. The van der Waals surface area contributed by atoms with Gasteiger partial charge in [0.15, 0.2) is 5.58 Å². The third-order valence-electron chi connectivity index (χ3n) is 2.55. The van der Waals surface area contributed by atoms with Gasteiger partial charge < -0.3 is 9.73 Å². The first-order valence-corrected chi connectivity index (χ1v) is 5.62. The standard InChI is InChI=1S/C11H13BrN2O/c1-6-7(2)11-9(4-8(6)12)14-10(15-11)5-13-3/h4,13H,5H2,1-3H3. The summed E-state index contributed by atoms with van der Waals surface area (Å²) in [5, 5.41) is 3.03. The highest BCUT2D eigenvalue weighted by atomic mass is 79.9. The topological polar surface area (TPSA) is 38.1 Å². The van der Waals surface area contributed by atoms with Gasteiger partial charge in [0.05, 0.1) is 6.54 Å². The first kappa shape index (κ1) is 10.6. The highest BCUT2D eigenvalue weighted by molar-refractivity contribution is 9.10. The Labute approximate surface area is 97.0 Å². The van der Waals surface area contributed by atoms with E-state index < -0.39 is 0 Å². The van der Waals surface area contributed by atoms with Gasteiger partial charge in [-0.15, -0.1) is 0 Å². The van der Waals surface area contributed by atoms with E-state index >= 15 is 0 Å². The molecular weight excluding hydrogens is 256 g/mol. The SMILES string of the molecule is CNCc1nc2cc(Br)c(C)c(C)c2o1. The summed E-state index contributed by atoms with van der Waals surface area (Å²) in [6, 6.07) is 2.00. The van der Waals surface area contributed by atoms with Crippen molar-refractivity contribution in [1.82, 2.24) is 10.3 Å². The van der Waals surface area contributed by atoms with Crippen molar-refractivity contribution in [3.8, 4) is 0 Å². The maximum absolute atomic E-state index is 5.68. The lowest BCUT2D eigenvalue weighted by Crippen LogP contribution is -2.04. The third-order valence-corrected chi connectivity index (χ3v) is 3.37. The quantitative estimate of drug-likeness (QED) is 0.910. The molecule has 1 heterocycles. The van der Waals surface area contributed by atoms with Crippen molar-refractivity contribution in [2.75, 3.05) is 7.05 Å². The normalized spacial score (nSPS) is 11.2. The maximum atomic E-state index is 5.68. The Bertz CT molecular complexity index is 505. The zero-order valence-electron chi connectivity index (χ0n) is 9.02. The number of hydrogen-bond donors (Lipinski definition) is 1. The highest BCUT2D eigenvalue weighted by Gasteiger charge is 2.11. The summed E-state index contributed by atoms with van der Waals surface area (Å²) in [5.74, 6) is 0.730. The zero-order valence-corrected chi connectivity index (χ0v) is 10.6. The molecule has 0 fully saturated rings. The Hall–Kier alpha value is -0.870. The third kappa shape index (κ3) is 1.79.